The minimum Gasteiger partial charge on any atom is -0.325 e. The molecule has 1 saturated heterocycles. The molecule has 0 bridgehead atoms. The number of hydrogen-bond acceptors (Lipinski definition) is 3. The first-order chi connectivity index (χ1) is 14.5. The van der Waals surface area contributed by atoms with E-state index in [-0.39, 0.29) is 22.5 Å². The zero-order valence-corrected chi connectivity index (χ0v) is 16.7. The van der Waals surface area contributed by atoms with E-state index < -0.39 is 42.5 Å². The lowest BCUT2D eigenvalue weighted by molar-refractivity contribution is -0.143. The number of benzene rings is 1. The van der Waals surface area contributed by atoms with E-state index in [1.165, 1.54) is 43.6 Å². The molecule has 5 nitrogen and oxygen atoms in total. The average molecular weight is 457 g/mol. The van der Waals surface area contributed by atoms with Crippen molar-refractivity contribution in [3.8, 4) is 16.9 Å². The Labute approximate surface area is 178 Å². The van der Waals surface area contributed by atoms with E-state index in [1.807, 2.05) is 0 Å². The molecule has 0 unspecified atom stereocenters. The fraction of sp³-hybridized carbons (Fsp3) is 0.250. The number of nitrogens with zero attached hydrogens (tertiary/aromatic N) is 4. The number of aromatic nitrogens is 3. The van der Waals surface area contributed by atoms with Crippen LogP contribution in [0.3, 0.4) is 0 Å². The van der Waals surface area contributed by atoms with Crippen molar-refractivity contribution in [2.45, 2.75) is 19.0 Å². The summed E-state index contributed by atoms with van der Waals surface area (Å²) in [5, 5.41) is 0.348. The topological polar surface area (TPSA) is 51.0 Å². The molecule has 31 heavy (non-hydrogen) atoms. The van der Waals surface area contributed by atoms with E-state index >= 15 is 0 Å². The summed E-state index contributed by atoms with van der Waals surface area (Å²) in [7, 11) is 0. The van der Waals surface area contributed by atoms with Gasteiger partial charge in [-0.3, -0.25) is 14.3 Å². The molecular formula is C20H14ClF5N4O. The molecule has 1 aliphatic rings. The summed E-state index contributed by atoms with van der Waals surface area (Å²) in [5.41, 5.74) is -1.53. The van der Waals surface area contributed by atoms with E-state index in [0.717, 1.165) is 11.1 Å². The van der Waals surface area contributed by atoms with Gasteiger partial charge in [-0.05, 0) is 30.2 Å². The van der Waals surface area contributed by atoms with Crippen molar-refractivity contribution >= 4 is 17.5 Å². The van der Waals surface area contributed by atoms with Gasteiger partial charge in [0.25, 0.3) is 11.8 Å². The van der Waals surface area contributed by atoms with Gasteiger partial charge in [-0.2, -0.15) is 13.2 Å². The van der Waals surface area contributed by atoms with Crippen LogP contribution in [0.15, 0.2) is 42.9 Å². The Hall–Kier alpha value is -3.01. The highest BCUT2D eigenvalue weighted by Crippen LogP contribution is 2.43. The zero-order chi connectivity index (χ0) is 22.6. The van der Waals surface area contributed by atoms with Crippen LogP contribution in [0.5, 0.6) is 0 Å². The number of halogens is 6. The molecule has 4 rings (SSSR count). The highest BCUT2D eigenvalue weighted by molar-refractivity contribution is 6.30. The van der Waals surface area contributed by atoms with Gasteiger partial charge in [0, 0.05) is 23.0 Å². The minimum atomic E-state index is -4.86. The molecule has 3 heterocycles. The van der Waals surface area contributed by atoms with Gasteiger partial charge in [0.2, 0.25) is 0 Å². The van der Waals surface area contributed by atoms with Crippen LogP contribution in [-0.2, 0) is 6.18 Å². The lowest BCUT2D eigenvalue weighted by Crippen LogP contribution is -2.58. The van der Waals surface area contributed by atoms with Crippen LogP contribution < -0.4 is 0 Å². The van der Waals surface area contributed by atoms with Crippen molar-refractivity contribution in [1.82, 2.24) is 19.4 Å². The van der Waals surface area contributed by atoms with E-state index in [2.05, 4.69) is 9.97 Å². The van der Waals surface area contributed by atoms with Crippen molar-refractivity contribution in [2.24, 2.45) is 0 Å². The molecule has 1 amide bonds. The SMILES string of the molecule is Cc1c(-c2ccc(Cl)cc2)c(C(=O)N2CC(F)(F)C2)n(-c2cnccn2)c1C(F)(F)F. The summed E-state index contributed by atoms with van der Waals surface area (Å²) in [6.07, 6.45) is -1.34. The van der Waals surface area contributed by atoms with Crippen molar-refractivity contribution in [2.75, 3.05) is 13.1 Å². The molecule has 1 fully saturated rings. The van der Waals surface area contributed by atoms with E-state index in [1.54, 1.807) is 0 Å². The highest BCUT2D eigenvalue weighted by atomic mass is 35.5. The first-order valence-corrected chi connectivity index (χ1v) is 9.39. The number of hydrogen-bond donors (Lipinski definition) is 0. The van der Waals surface area contributed by atoms with Crippen molar-refractivity contribution in [3.05, 3.63) is 64.8 Å². The van der Waals surface area contributed by atoms with Gasteiger partial charge in [0.15, 0.2) is 5.82 Å². The van der Waals surface area contributed by atoms with Gasteiger partial charge in [-0.1, -0.05) is 23.7 Å². The summed E-state index contributed by atoms with van der Waals surface area (Å²) >= 11 is 5.90. The minimum absolute atomic E-state index is 0.0325. The Balaban J connectivity index is 2.03. The largest absolute Gasteiger partial charge is 0.432 e. The van der Waals surface area contributed by atoms with Gasteiger partial charge in [-0.25, -0.2) is 13.8 Å². The third-order valence-corrected chi connectivity index (χ3v) is 5.18. The Morgan fingerprint density at radius 1 is 1.13 bits per heavy atom. The van der Waals surface area contributed by atoms with Gasteiger partial charge in [0.1, 0.15) is 11.4 Å². The fourth-order valence-electron chi connectivity index (χ4n) is 3.64. The van der Waals surface area contributed by atoms with Crippen molar-refractivity contribution in [1.29, 1.82) is 0 Å². The fourth-order valence-corrected chi connectivity index (χ4v) is 3.77. The normalized spacial score (nSPS) is 15.6. The number of carbonyl (C=O) groups excluding carboxylic acids is 1. The number of likely N-dealkylation sites (tertiary alicyclic amines) is 1. The molecular weight excluding hydrogens is 443 g/mol. The zero-order valence-electron chi connectivity index (χ0n) is 15.9. The third-order valence-electron chi connectivity index (χ3n) is 4.93. The van der Waals surface area contributed by atoms with Crippen LogP contribution in [0.1, 0.15) is 21.7 Å². The molecule has 2 aromatic heterocycles. The molecule has 0 atom stereocenters. The van der Waals surface area contributed by atoms with Crippen LogP contribution in [-0.4, -0.2) is 44.4 Å². The van der Waals surface area contributed by atoms with E-state index in [4.69, 9.17) is 11.6 Å². The van der Waals surface area contributed by atoms with Crippen LogP contribution >= 0.6 is 11.6 Å². The van der Waals surface area contributed by atoms with Gasteiger partial charge < -0.3 is 4.90 Å². The van der Waals surface area contributed by atoms with Gasteiger partial charge in [0.05, 0.1) is 19.3 Å². The van der Waals surface area contributed by atoms with Gasteiger partial charge in [-0.15, -0.1) is 0 Å². The standard InChI is InChI=1S/C20H14ClF5N4O/c1-11-15(12-2-4-13(21)5-3-12)16(18(31)29-9-19(22,23)10-29)30(17(11)20(24,25)26)14-8-27-6-7-28-14/h2-8H,9-10H2,1H3. The van der Waals surface area contributed by atoms with Crippen LogP contribution in [0, 0.1) is 6.92 Å². The summed E-state index contributed by atoms with van der Waals surface area (Å²) in [6.45, 7) is -0.531. The highest BCUT2D eigenvalue weighted by Gasteiger charge is 2.49. The Kier molecular flexibility index (Phi) is 5.00. The smallest absolute Gasteiger partial charge is 0.325 e. The Morgan fingerprint density at radius 2 is 1.77 bits per heavy atom. The molecule has 3 aromatic rings. The first kappa shape index (κ1) is 21.2. The second-order valence-corrected chi connectivity index (χ2v) is 7.55. The maximum absolute atomic E-state index is 14.1. The molecule has 162 valence electrons. The van der Waals surface area contributed by atoms with Gasteiger partial charge >= 0.3 is 6.18 Å². The molecule has 0 spiro atoms. The molecule has 0 N–H and O–H groups in total. The maximum atomic E-state index is 14.1. The van der Waals surface area contributed by atoms with Crippen LogP contribution in [0.25, 0.3) is 16.9 Å². The van der Waals surface area contributed by atoms with E-state index in [9.17, 15) is 26.7 Å². The van der Waals surface area contributed by atoms with Crippen LogP contribution in [0.4, 0.5) is 22.0 Å². The third kappa shape index (κ3) is 3.76. The quantitative estimate of drug-likeness (QED) is 0.521. The predicted molar refractivity (Wildman–Crippen MR) is 102 cm³/mol. The average Bonchev–Trinajstić information content (AvgIpc) is 3.00. The van der Waals surface area contributed by atoms with Crippen molar-refractivity contribution < 1.29 is 26.7 Å². The monoisotopic (exact) mass is 456 g/mol. The predicted octanol–water partition coefficient (Wildman–Crippen LogP) is 5.01. The summed E-state index contributed by atoms with van der Waals surface area (Å²) < 4.78 is 69.8. The maximum Gasteiger partial charge on any atom is 0.432 e. The molecule has 0 saturated carbocycles. The molecule has 0 radical (unpaired) electrons. The summed E-state index contributed by atoms with van der Waals surface area (Å²) in [4.78, 5) is 21.7. The first-order valence-electron chi connectivity index (χ1n) is 9.01. The second-order valence-electron chi connectivity index (χ2n) is 7.12. The molecule has 11 heteroatoms. The summed E-state index contributed by atoms with van der Waals surface area (Å²) in [6, 6.07) is 5.87. The lowest BCUT2D eigenvalue weighted by Gasteiger charge is -2.39. The lowest BCUT2D eigenvalue weighted by atomic mass is 9.99. The second kappa shape index (κ2) is 7.30. The number of rotatable bonds is 3. The van der Waals surface area contributed by atoms with Crippen LogP contribution in [0.2, 0.25) is 5.02 Å². The number of alkyl halides is 5. The Bertz CT molecular complexity index is 1140. The molecule has 1 aliphatic heterocycles. The molecule has 0 aliphatic carbocycles. The summed E-state index contributed by atoms with van der Waals surface area (Å²) in [5.74, 6) is -4.30. The molecule has 1 aromatic carbocycles. The van der Waals surface area contributed by atoms with E-state index in [0.29, 0.717) is 9.59 Å². The number of amides is 1. The Morgan fingerprint density at radius 3 is 2.29 bits per heavy atom. The number of carbonyl (C=O) groups is 1. The van der Waals surface area contributed by atoms with Crippen molar-refractivity contribution in [3.63, 3.8) is 0 Å².